The lowest BCUT2D eigenvalue weighted by Gasteiger charge is -2.24. The number of hydrogen-bond donors (Lipinski definition) is 0. The van der Waals surface area contributed by atoms with Gasteiger partial charge in [0, 0.05) is 44.7 Å². The summed E-state index contributed by atoms with van der Waals surface area (Å²) in [5.74, 6) is 1.76. The number of rotatable bonds is 4. The molecule has 2 aromatic heterocycles. The van der Waals surface area contributed by atoms with Gasteiger partial charge < -0.3 is 18.9 Å². The van der Waals surface area contributed by atoms with Gasteiger partial charge in [0.2, 0.25) is 5.91 Å². The predicted octanol–water partition coefficient (Wildman–Crippen LogP) is 4.65. The number of amides is 1. The van der Waals surface area contributed by atoms with Crippen LogP contribution in [0.1, 0.15) is 40.1 Å². The zero-order valence-electron chi connectivity index (χ0n) is 22.3. The molecule has 0 unspecified atom stereocenters. The van der Waals surface area contributed by atoms with E-state index in [9.17, 15) is 4.79 Å². The highest BCUT2D eigenvalue weighted by atomic mass is 16.5. The molecule has 2 bridgehead atoms. The molecule has 5 rings (SSSR count). The second kappa shape index (κ2) is 11.6. The Kier molecular flexibility index (Phi) is 7.89. The summed E-state index contributed by atoms with van der Waals surface area (Å²) in [6, 6.07) is 14.7. The van der Waals surface area contributed by atoms with Gasteiger partial charge in [-0.05, 0) is 60.2 Å². The van der Waals surface area contributed by atoms with Crippen LogP contribution in [0.15, 0.2) is 59.4 Å². The van der Waals surface area contributed by atoms with Gasteiger partial charge in [0.05, 0.1) is 25.1 Å². The molecule has 0 spiro atoms. The zero-order chi connectivity index (χ0) is 26.5. The Labute approximate surface area is 223 Å². The molecule has 0 saturated heterocycles. The highest BCUT2D eigenvalue weighted by molar-refractivity contribution is 5.76. The van der Waals surface area contributed by atoms with E-state index < -0.39 is 0 Å². The Morgan fingerprint density at radius 3 is 2.71 bits per heavy atom. The number of hydrogen-bond acceptors (Lipinski definition) is 6. The van der Waals surface area contributed by atoms with Crippen molar-refractivity contribution in [2.75, 3.05) is 26.4 Å². The van der Waals surface area contributed by atoms with Crippen LogP contribution in [0.3, 0.4) is 0 Å². The van der Waals surface area contributed by atoms with Crippen LogP contribution in [0.25, 0.3) is 11.1 Å². The SMILES string of the molecule is Cc1noc(C)c1-c1ccc2c(c1)Cc1cccc(c1)CN(C(=O)CCc1cnn(C)c1)CCOCCO2. The van der Waals surface area contributed by atoms with Gasteiger partial charge in [-0.2, -0.15) is 5.10 Å². The van der Waals surface area contributed by atoms with E-state index in [4.69, 9.17) is 14.0 Å². The highest BCUT2D eigenvalue weighted by Crippen LogP contribution is 2.32. The van der Waals surface area contributed by atoms with E-state index in [1.807, 2.05) is 44.3 Å². The van der Waals surface area contributed by atoms with Crippen molar-refractivity contribution >= 4 is 5.91 Å². The van der Waals surface area contributed by atoms with Gasteiger partial charge >= 0.3 is 0 Å². The van der Waals surface area contributed by atoms with Crippen LogP contribution in [0.4, 0.5) is 0 Å². The molecule has 0 atom stereocenters. The number of carbonyl (C=O) groups is 1. The summed E-state index contributed by atoms with van der Waals surface area (Å²) < 4.78 is 19.2. The van der Waals surface area contributed by atoms with E-state index in [0.29, 0.717) is 52.2 Å². The van der Waals surface area contributed by atoms with E-state index in [2.05, 4.69) is 46.7 Å². The molecule has 38 heavy (non-hydrogen) atoms. The van der Waals surface area contributed by atoms with Crippen molar-refractivity contribution in [2.24, 2.45) is 7.05 Å². The molecule has 0 aliphatic carbocycles. The zero-order valence-corrected chi connectivity index (χ0v) is 22.3. The molecule has 4 aromatic rings. The van der Waals surface area contributed by atoms with Gasteiger partial charge in [0.1, 0.15) is 18.1 Å². The van der Waals surface area contributed by atoms with Crippen molar-refractivity contribution in [1.29, 1.82) is 0 Å². The van der Waals surface area contributed by atoms with Crippen LogP contribution in [0, 0.1) is 13.8 Å². The van der Waals surface area contributed by atoms with Crippen molar-refractivity contribution < 1.29 is 18.8 Å². The Bertz CT molecular complexity index is 1390. The van der Waals surface area contributed by atoms with Crippen molar-refractivity contribution in [3.05, 3.63) is 88.6 Å². The molecule has 2 aromatic carbocycles. The van der Waals surface area contributed by atoms with Crippen LogP contribution in [-0.4, -0.2) is 52.1 Å². The van der Waals surface area contributed by atoms with Crippen molar-refractivity contribution in [2.45, 2.75) is 39.7 Å². The first-order valence-corrected chi connectivity index (χ1v) is 13.1. The average molecular weight is 515 g/mol. The Balaban J connectivity index is 1.38. The molecule has 1 aliphatic heterocycles. The fourth-order valence-corrected chi connectivity index (χ4v) is 4.98. The molecule has 3 heterocycles. The maximum absolute atomic E-state index is 13.2. The normalized spacial score (nSPS) is 14.4. The van der Waals surface area contributed by atoms with Crippen molar-refractivity contribution in [1.82, 2.24) is 19.8 Å². The largest absolute Gasteiger partial charge is 0.491 e. The topological polar surface area (TPSA) is 82.6 Å². The number of carbonyl (C=O) groups excluding carboxylic acids is 1. The number of aryl methyl sites for hydroxylation is 4. The monoisotopic (exact) mass is 514 g/mol. The summed E-state index contributed by atoms with van der Waals surface area (Å²) in [6.07, 6.45) is 5.58. The minimum Gasteiger partial charge on any atom is -0.491 e. The summed E-state index contributed by atoms with van der Waals surface area (Å²) in [4.78, 5) is 15.1. The molecule has 0 fully saturated rings. The van der Waals surface area contributed by atoms with E-state index in [1.54, 1.807) is 4.68 Å². The van der Waals surface area contributed by atoms with E-state index >= 15 is 0 Å². The first-order valence-electron chi connectivity index (χ1n) is 13.1. The van der Waals surface area contributed by atoms with Crippen LogP contribution in [0.5, 0.6) is 5.75 Å². The van der Waals surface area contributed by atoms with Gasteiger partial charge in [-0.1, -0.05) is 35.5 Å². The predicted molar refractivity (Wildman–Crippen MR) is 144 cm³/mol. The van der Waals surface area contributed by atoms with Crippen molar-refractivity contribution in [3.8, 4) is 16.9 Å². The van der Waals surface area contributed by atoms with Gasteiger partial charge in [-0.25, -0.2) is 0 Å². The van der Waals surface area contributed by atoms with Crippen LogP contribution >= 0.6 is 0 Å². The van der Waals surface area contributed by atoms with Gasteiger partial charge in [0.25, 0.3) is 0 Å². The lowest BCUT2D eigenvalue weighted by molar-refractivity contribution is -0.132. The smallest absolute Gasteiger partial charge is 0.223 e. The summed E-state index contributed by atoms with van der Waals surface area (Å²) >= 11 is 0. The van der Waals surface area contributed by atoms with Crippen LogP contribution in [-0.2, 0) is 36.0 Å². The number of fused-ring (bicyclic) bond motifs is 3. The van der Waals surface area contributed by atoms with Crippen molar-refractivity contribution in [3.63, 3.8) is 0 Å². The third kappa shape index (κ3) is 6.14. The molecule has 1 aliphatic rings. The molecular weight excluding hydrogens is 480 g/mol. The lowest BCUT2D eigenvalue weighted by Crippen LogP contribution is -2.34. The molecule has 8 nitrogen and oxygen atoms in total. The van der Waals surface area contributed by atoms with Crippen LogP contribution < -0.4 is 4.74 Å². The van der Waals surface area contributed by atoms with Crippen LogP contribution in [0.2, 0.25) is 0 Å². The average Bonchev–Trinajstić information content (AvgIpc) is 3.48. The summed E-state index contributed by atoms with van der Waals surface area (Å²) in [5, 5.41) is 8.33. The molecular formula is C30H34N4O4. The third-order valence-electron chi connectivity index (χ3n) is 6.87. The fraction of sp³-hybridized carbons (Fsp3) is 0.367. The first-order chi connectivity index (χ1) is 18.5. The van der Waals surface area contributed by atoms with E-state index in [0.717, 1.165) is 45.0 Å². The van der Waals surface area contributed by atoms with Gasteiger partial charge in [-0.3, -0.25) is 9.48 Å². The maximum Gasteiger partial charge on any atom is 0.223 e. The third-order valence-corrected chi connectivity index (χ3v) is 6.87. The molecule has 198 valence electrons. The molecule has 8 heteroatoms. The quantitative estimate of drug-likeness (QED) is 0.394. The minimum absolute atomic E-state index is 0.112. The molecule has 0 N–H and O–H groups in total. The highest BCUT2D eigenvalue weighted by Gasteiger charge is 2.17. The minimum atomic E-state index is 0.112. The number of benzene rings is 2. The Morgan fingerprint density at radius 2 is 1.92 bits per heavy atom. The lowest BCUT2D eigenvalue weighted by atomic mass is 9.96. The molecule has 1 amide bonds. The maximum atomic E-state index is 13.2. The van der Waals surface area contributed by atoms with E-state index in [-0.39, 0.29) is 5.91 Å². The first kappa shape index (κ1) is 25.7. The van der Waals surface area contributed by atoms with E-state index in [1.165, 1.54) is 5.56 Å². The molecule has 0 saturated carbocycles. The number of aromatic nitrogens is 3. The molecule has 0 radical (unpaired) electrons. The second-order valence-electron chi connectivity index (χ2n) is 9.82. The second-order valence-corrected chi connectivity index (χ2v) is 9.82. The Morgan fingerprint density at radius 1 is 1.05 bits per heavy atom. The van der Waals surface area contributed by atoms with Gasteiger partial charge in [0.15, 0.2) is 0 Å². The van der Waals surface area contributed by atoms with Gasteiger partial charge in [-0.15, -0.1) is 0 Å². The summed E-state index contributed by atoms with van der Waals surface area (Å²) in [5.41, 5.74) is 7.35. The summed E-state index contributed by atoms with van der Waals surface area (Å²) in [7, 11) is 1.89. The summed E-state index contributed by atoms with van der Waals surface area (Å²) in [6.45, 7) is 6.32. The Hall–Kier alpha value is -3.91. The number of nitrogens with zero attached hydrogens (tertiary/aromatic N) is 4. The standard InChI is InChI=1S/C30H34N4O4/c1-21-30(22(2)38-32-21)26-8-9-28-27(17-26)16-23-5-4-6-24(15-23)20-34(11-12-36-13-14-37-28)29(35)10-7-25-18-31-33(3)19-25/h4-6,8-9,15,17-19H,7,10-14,16,20H2,1-3H3. The fourth-order valence-electron chi connectivity index (χ4n) is 4.98. The number of ether oxygens (including phenoxy) is 2.